The van der Waals surface area contributed by atoms with Crippen LogP contribution in [-0.2, 0) is 0 Å². The van der Waals surface area contributed by atoms with Crippen LogP contribution in [0, 0.1) is 5.41 Å². The van der Waals surface area contributed by atoms with E-state index in [1.165, 1.54) is 5.71 Å². The molecule has 1 aliphatic rings. The topological polar surface area (TPSA) is 50.4 Å². The van der Waals surface area contributed by atoms with Gasteiger partial charge in [-0.1, -0.05) is 13.8 Å². The molecule has 0 amide bonds. The van der Waals surface area contributed by atoms with E-state index in [1.54, 1.807) is 24.3 Å². The standard InChI is InChI=1S/C13H21N3OS/c1-12(2,13(3,4)17)7-10-8-18-11(15-10)16-6-5-14-9-16/h5-6,9,11,17H,7-8H2,1-4H3. The van der Waals surface area contributed by atoms with Gasteiger partial charge >= 0.3 is 0 Å². The molecule has 1 aromatic rings. The Bertz CT molecular complexity index is 432. The van der Waals surface area contributed by atoms with Crippen LogP contribution in [0.3, 0.4) is 0 Å². The van der Waals surface area contributed by atoms with E-state index in [4.69, 9.17) is 4.99 Å². The Labute approximate surface area is 113 Å². The van der Waals surface area contributed by atoms with Gasteiger partial charge < -0.3 is 9.67 Å². The zero-order chi connectivity index (χ0) is 13.4. The second-order valence-corrected chi connectivity index (χ2v) is 7.01. The Balaban J connectivity index is 2.06. The van der Waals surface area contributed by atoms with E-state index in [2.05, 4.69) is 18.8 Å². The molecule has 5 heteroatoms. The van der Waals surface area contributed by atoms with Crippen LogP contribution in [0.4, 0.5) is 0 Å². The van der Waals surface area contributed by atoms with E-state index in [9.17, 15) is 5.11 Å². The van der Waals surface area contributed by atoms with E-state index >= 15 is 0 Å². The quantitative estimate of drug-likeness (QED) is 0.912. The highest BCUT2D eigenvalue weighted by molar-refractivity contribution is 8.00. The molecule has 100 valence electrons. The number of aliphatic imine (C=N–C) groups is 1. The molecular weight excluding hydrogens is 246 g/mol. The summed E-state index contributed by atoms with van der Waals surface area (Å²) in [5.74, 6) is 0.933. The van der Waals surface area contributed by atoms with Crippen molar-refractivity contribution in [2.24, 2.45) is 10.4 Å². The maximum atomic E-state index is 10.2. The third-order valence-corrected chi connectivity index (χ3v) is 4.92. The summed E-state index contributed by atoms with van der Waals surface area (Å²) in [5, 5.41) is 10.2. The fourth-order valence-electron chi connectivity index (χ4n) is 1.78. The summed E-state index contributed by atoms with van der Waals surface area (Å²) in [6, 6.07) is 0. The summed E-state index contributed by atoms with van der Waals surface area (Å²) in [5.41, 5.74) is 0.412. The van der Waals surface area contributed by atoms with Crippen molar-refractivity contribution in [2.75, 3.05) is 5.75 Å². The van der Waals surface area contributed by atoms with Crippen LogP contribution in [0.1, 0.15) is 39.6 Å². The summed E-state index contributed by atoms with van der Waals surface area (Å²) < 4.78 is 2.01. The number of nitrogens with zero attached hydrogens (tertiary/aromatic N) is 3. The molecule has 4 nitrogen and oxygen atoms in total. The van der Waals surface area contributed by atoms with Crippen molar-refractivity contribution in [3.05, 3.63) is 18.7 Å². The Hall–Kier alpha value is -0.810. The van der Waals surface area contributed by atoms with Crippen LogP contribution in [0.25, 0.3) is 0 Å². The summed E-state index contributed by atoms with van der Waals surface area (Å²) >= 11 is 1.80. The first-order valence-corrected chi connectivity index (χ1v) is 7.21. The second-order valence-electron chi connectivity index (χ2n) is 5.96. The number of hydrogen-bond donors (Lipinski definition) is 1. The van der Waals surface area contributed by atoms with Crippen molar-refractivity contribution in [1.82, 2.24) is 9.55 Å². The van der Waals surface area contributed by atoms with Crippen LogP contribution in [-0.4, -0.2) is 31.7 Å². The molecule has 1 atom stereocenters. The molecule has 1 aromatic heterocycles. The van der Waals surface area contributed by atoms with Crippen LogP contribution >= 0.6 is 11.8 Å². The predicted octanol–water partition coefficient (Wildman–Crippen LogP) is 2.71. The number of hydrogen-bond acceptors (Lipinski definition) is 4. The molecule has 0 bridgehead atoms. The first-order valence-electron chi connectivity index (χ1n) is 6.16. The SMILES string of the molecule is CC(C)(O)C(C)(C)CC1=NC(n2ccnc2)SC1. The molecule has 18 heavy (non-hydrogen) atoms. The summed E-state index contributed by atoms with van der Waals surface area (Å²) in [6.07, 6.45) is 6.33. The predicted molar refractivity (Wildman–Crippen MR) is 75.9 cm³/mol. The lowest BCUT2D eigenvalue weighted by Crippen LogP contribution is -2.40. The minimum Gasteiger partial charge on any atom is -0.390 e. The van der Waals surface area contributed by atoms with Gasteiger partial charge in [-0.05, 0) is 25.7 Å². The van der Waals surface area contributed by atoms with Crippen LogP contribution in [0.15, 0.2) is 23.7 Å². The van der Waals surface area contributed by atoms with Crippen molar-refractivity contribution in [3.63, 3.8) is 0 Å². The second kappa shape index (κ2) is 4.70. The Morgan fingerprint density at radius 3 is 2.72 bits per heavy atom. The summed E-state index contributed by atoms with van der Waals surface area (Å²) in [4.78, 5) is 8.77. The van der Waals surface area contributed by atoms with E-state index in [-0.39, 0.29) is 10.9 Å². The van der Waals surface area contributed by atoms with Gasteiger partial charge in [0.05, 0.1) is 11.9 Å². The number of aliphatic hydroxyl groups is 1. The van der Waals surface area contributed by atoms with Gasteiger partial charge in [0.2, 0.25) is 0 Å². The van der Waals surface area contributed by atoms with Gasteiger partial charge in [-0.25, -0.2) is 4.98 Å². The molecular formula is C13H21N3OS. The molecule has 0 aromatic carbocycles. The van der Waals surface area contributed by atoms with E-state index < -0.39 is 5.60 Å². The third kappa shape index (κ3) is 2.78. The third-order valence-electron chi connectivity index (χ3n) is 3.77. The zero-order valence-electron chi connectivity index (χ0n) is 11.4. The van der Waals surface area contributed by atoms with Crippen molar-refractivity contribution in [1.29, 1.82) is 0 Å². The molecule has 0 aliphatic carbocycles. The molecule has 0 fully saturated rings. The molecule has 0 saturated carbocycles. The number of aromatic nitrogens is 2. The summed E-state index contributed by atoms with van der Waals surface area (Å²) in [7, 11) is 0. The Morgan fingerprint density at radius 1 is 1.44 bits per heavy atom. The molecule has 1 unspecified atom stereocenters. The maximum absolute atomic E-state index is 10.2. The fourth-order valence-corrected chi connectivity index (χ4v) is 2.82. The van der Waals surface area contributed by atoms with Gasteiger partial charge in [-0.15, -0.1) is 11.8 Å². The smallest absolute Gasteiger partial charge is 0.173 e. The highest BCUT2D eigenvalue weighted by atomic mass is 32.2. The van der Waals surface area contributed by atoms with Crippen LogP contribution in [0.2, 0.25) is 0 Å². The van der Waals surface area contributed by atoms with Crippen molar-refractivity contribution in [3.8, 4) is 0 Å². The van der Waals surface area contributed by atoms with Gasteiger partial charge in [0.25, 0.3) is 0 Å². The average Bonchev–Trinajstić information content (AvgIpc) is 2.83. The lowest BCUT2D eigenvalue weighted by molar-refractivity contribution is -0.0306. The largest absolute Gasteiger partial charge is 0.390 e. The van der Waals surface area contributed by atoms with E-state index in [0.29, 0.717) is 0 Å². The van der Waals surface area contributed by atoms with Gasteiger partial charge in [0.1, 0.15) is 0 Å². The van der Waals surface area contributed by atoms with E-state index in [1.807, 2.05) is 24.6 Å². The zero-order valence-corrected chi connectivity index (χ0v) is 12.2. The van der Waals surface area contributed by atoms with Crippen LogP contribution in [0.5, 0.6) is 0 Å². The Morgan fingerprint density at radius 2 is 2.17 bits per heavy atom. The molecule has 1 N–H and O–H groups in total. The number of rotatable bonds is 4. The first-order chi connectivity index (χ1) is 8.29. The Kier molecular flexibility index (Phi) is 3.56. The minimum atomic E-state index is -0.701. The molecule has 0 spiro atoms. The minimum absolute atomic E-state index is 0.111. The fraction of sp³-hybridized carbons (Fsp3) is 0.692. The number of imidazole rings is 1. The molecule has 0 saturated heterocycles. The summed E-state index contributed by atoms with van der Waals surface area (Å²) in [6.45, 7) is 7.90. The van der Waals surface area contributed by atoms with Crippen LogP contribution < -0.4 is 0 Å². The maximum Gasteiger partial charge on any atom is 0.173 e. The van der Waals surface area contributed by atoms with Gasteiger partial charge in [0, 0.05) is 23.9 Å². The monoisotopic (exact) mass is 267 g/mol. The van der Waals surface area contributed by atoms with E-state index in [0.717, 1.165) is 12.2 Å². The highest BCUT2D eigenvalue weighted by Crippen LogP contribution is 2.38. The van der Waals surface area contributed by atoms with Gasteiger partial charge in [-0.2, -0.15) is 0 Å². The van der Waals surface area contributed by atoms with Crippen molar-refractivity contribution < 1.29 is 5.11 Å². The molecule has 2 heterocycles. The van der Waals surface area contributed by atoms with Crippen molar-refractivity contribution in [2.45, 2.75) is 45.2 Å². The lowest BCUT2D eigenvalue weighted by Gasteiger charge is -2.37. The average molecular weight is 267 g/mol. The van der Waals surface area contributed by atoms with Gasteiger partial charge in [-0.3, -0.25) is 4.99 Å². The highest BCUT2D eigenvalue weighted by Gasteiger charge is 2.37. The lowest BCUT2D eigenvalue weighted by atomic mass is 9.74. The normalized spacial score (nSPS) is 21.2. The molecule has 1 aliphatic heterocycles. The van der Waals surface area contributed by atoms with Crippen molar-refractivity contribution >= 4 is 17.5 Å². The first kappa shape index (κ1) is 13.6. The van der Waals surface area contributed by atoms with Gasteiger partial charge in [0.15, 0.2) is 5.50 Å². The molecule has 0 radical (unpaired) electrons. The molecule has 2 rings (SSSR count). The number of thioether (sulfide) groups is 1.